The molecule has 1 aromatic heterocycles. The summed E-state index contributed by atoms with van der Waals surface area (Å²) in [7, 11) is 0. The highest BCUT2D eigenvalue weighted by molar-refractivity contribution is 5.93. The molecule has 3 rings (SSSR count). The monoisotopic (exact) mass is 417 g/mol. The highest BCUT2D eigenvalue weighted by Crippen LogP contribution is 2.42. The molecule has 154 valence electrons. The van der Waals surface area contributed by atoms with Crippen molar-refractivity contribution < 1.29 is 18.0 Å². The topological polar surface area (TPSA) is 71.8 Å². The lowest BCUT2D eigenvalue weighted by molar-refractivity contribution is -0.137. The maximum Gasteiger partial charge on any atom is 0.416 e. The maximum absolute atomic E-state index is 13.0. The first kappa shape index (κ1) is 22.2. The van der Waals surface area contributed by atoms with Crippen molar-refractivity contribution in [3.8, 4) is 5.69 Å². The van der Waals surface area contributed by atoms with E-state index >= 15 is 0 Å². The van der Waals surface area contributed by atoms with Gasteiger partial charge in [0.1, 0.15) is 0 Å². The van der Waals surface area contributed by atoms with Gasteiger partial charge in [-0.25, -0.2) is 4.68 Å². The smallest absolute Gasteiger partial charge is 0.349 e. The summed E-state index contributed by atoms with van der Waals surface area (Å²) >= 11 is 0. The van der Waals surface area contributed by atoms with Crippen LogP contribution in [0.3, 0.4) is 0 Å². The molecule has 1 aliphatic carbocycles. The van der Waals surface area contributed by atoms with Gasteiger partial charge in [0.25, 0.3) is 5.91 Å². The molecule has 0 aliphatic heterocycles. The normalized spacial score (nSPS) is 13.9. The van der Waals surface area contributed by atoms with Crippen molar-refractivity contribution in [1.82, 2.24) is 25.6 Å². The summed E-state index contributed by atoms with van der Waals surface area (Å²) in [6.07, 6.45) is -1.71. The summed E-state index contributed by atoms with van der Waals surface area (Å²) < 4.78 is 40.4. The third-order valence-corrected chi connectivity index (χ3v) is 4.32. The summed E-state index contributed by atoms with van der Waals surface area (Å²) in [4.78, 5) is 12.5. The van der Waals surface area contributed by atoms with E-state index in [-0.39, 0.29) is 35.6 Å². The second kappa shape index (κ2) is 9.38. The lowest BCUT2D eigenvalue weighted by atomic mass is 10.1. The Morgan fingerprint density at radius 2 is 2.00 bits per heavy atom. The van der Waals surface area contributed by atoms with E-state index in [9.17, 15) is 18.0 Å². The molecule has 1 aromatic carbocycles. The Balaban J connectivity index is 0.00000280. The van der Waals surface area contributed by atoms with Crippen LogP contribution in [0, 0.1) is 0 Å². The fraction of sp³-hybridized carbons (Fsp3) is 0.500. The standard InChI is InChI=1S/C18H22F3N5O.ClH/c1-2-8-22-9-10-23-17(27)15-16(12-6-7-12)26(25-24-15)14-5-3-4-13(11-14)18(19,20)21;/h3-5,11-12,22H,2,6-10H2,1H3,(H,23,27);1H. The van der Waals surface area contributed by atoms with Crippen LogP contribution in [0.1, 0.15) is 53.8 Å². The summed E-state index contributed by atoms with van der Waals surface area (Å²) in [5.41, 5.74) is 0.256. The van der Waals surface area contributed by atoms with Crippen molar-refractivity contribution in [2.45, 2.75) is 38.3 Å². The molecule has 10 heteroatoms. The van der Waals surface area contributed by atoms with Gasteiger partial charge in [0.05, 0.1) is 16.9 Å². The van der Waals surface area contributed by atoms with Gasteiger partial charge in [-0.2, -0.15) is 13.2 Å². The second-order valence-corrected chi connectivity index (χ2v) is 6.56. The van der Waals surface area contributed by atoms with Crippen molar-refractivity contribution in [1.29, 1.82) is 0 Å². The van der Waals surface area contributed by atoms with Crippen LogP contribution < -0.4 is 10.6 Å². The van der Waals surface area contributed by atoms with Gasteiger partial charge in [0.2, 0.25) is 0 Å². The van der Waals surface area contributed by atoms with E-state index in [0.29, 0.717) is 18.8 Å². The minimum Gasteiger partial charge on any atom is -0.349 e. The number of carbonyl (C=O) groups excluding carboxylic acids is 1. The molecule has 1 amide bonds. The Bertz CT molecular complexity index is 805. The fourth-order valence-corrected chi connectivity index (χ4v) is 2.83. The predicted octanol–water partition coefficient (Wildman–Crippen LogP) is 3.31. The molecule has 1 aliphatic rings. The minimum absolute atomic E-state index is 0. The highest BCUT2D eigenvalue weighted by atomic mass is 35.5. The average Bonchev–Trinajstić information content (AvgIpc) is 3.38. The third-order valence-electron chi connectivity index (χ3n) is 4.32. The van der Waals surface area contributed by atoms with Gasteiger partial charge in [-0.15, -0.1) is 17.5 Å². The van der Waals surface area contributed by atoms with Crippen LogP contribution in [0.25, 0.3) is 5.69 Å². The predicted molar refractivity (Wildman–Crippen MR) is 101 cm³/mol. The summed E-state index contributed by atoms with van der Waals surface area (Å²) in [5, 5.41) is 13.9. The molecule has 2 N–H and O–H groups in total. The molecule has 0 saturated heterocycles. The first-order chi connectivity index (χ1) is 12.9. The molecule has 0 unspecified atom stereocenters. The first-order valence-corrected chi connectivity index (χ1v) is 9.04. The number of hydrogen-bond acceptors (Lipinski definition) is 4. The lowest BCUT2D eigenvalue weighted by Gasteiger charge is -2.11. The Hall–Kier alpha value is -2.13. The fourth-order valence-electron chi connectivity index (χ4n) is 2.83. The SMILES string of the molecule is CCCNCCNC(=O)c1nnn(-c2cccc(C(F)(F)F)c2)c1C1CC1.Cl. The van der Waals surface area contributed by atoms with Crippen molar-refractivity contribution in [2.75, 3.05) is 19.6 Å². The van der Waals surface area contributed by atoms with E-state index in [1.54, 1.807) is 0 Å². The third kappa shape index (κ3) is 5.23. The number of carbonyl (C=O) groups is 1. The van der Waals surface area contributed by atoms with Crippen molar-refractivity contribution in [3.63, 3.8) is 0 Å². The quantitative estimate of drug-likeness (QED) is 0.646. The molecule has 0 atom stereocenters. The molecule has 0 radical (unpaired) electrons. The van der Waals surface area contributed by atoms with Crippen LogP contribution in [-0.4, -0.2) is 40.5 Å². The Labute approximate surface area is 167 Å². The largest absolute Gasteiger partial charge is 0.416 e. The number of amides is 1. The average molecular weight is 418 g/mol. The van der Waals surface area contributed by atoms with Crippen molar-refractivity contribution in [2.24, 2.45) is 0 Å². The zero-order valence-electron chi connectivity index (χ0n) is 15.4. The van der Waals surface area contributed by atoms with Crippen LogP contribution in [0.2, 0.25) is 0 Å². The van der Waals surface area contributed by atoms with Crippen LogP contribution in [-0.2, 0) is 6.18 Å². The number of nitrogens with one attached hydrogen (secondary N) is 2. The molecule has 1 saturated carbocycles. The summed E-state index contributed by atoms with van der Waals surface area (Å²) in [5.74, 6) is -0.262. The maximum atomic E-state index is 13.0. The van der Waals surface area contributed by atoms with Crippen LogP contribution >= 0.6 is 12.4 Å². The number of halogens is 4. The van der Waals surface area contributed by atoms with E-state index in [2.05, 4.69) is 27.9 Å². The van der Waals surface area contributed by atoms with E-state index in [1.807, 2.05) is 0 Å². The van der Waals surface area contributed by atoms with E-state index in [1.165, 1.54) is 16.8 Å². The van der Waals surface area contributed by atoms with Crippen LogP contribution in [0.15, 0.2) is 24.3 Å². The van der Waals surface area contributed by atoms with E-state index < -0.39 is 11.7 Å². The van der Waals surface area contributed by atoms with Crippen LogP contribution in [0.4, 0.5) is 13.2 Å². The van der Waals surface area contributed by atoms with Gasteiger partial charge in [-0.1, -0.05) is 18.2 Å². The van der Waals surface area contributed by atoms with Crippen LogP contribution in [0.5, 0.6) is 0 Å². The molecule has 1 fully saturated rings. The van der Waals surface area contributed by atoms with Gasteiger partial charge < -0.3 is 10.6 Å². The Morgan fingerprint density at radius 3 is 2.64 bits per heavy atom. The first-order valence-electron chi connectivity index (χ1n) is 9.04. The molecule has 0 spiro atoms. The van der Waals surface area contributed by atoms with E-state index in [0.717, 1.165) is 37.9 Å². The highest BCUT2D eigenvalue weighted by Gasteiger charge is 2.35. The van der Waals surface area contributed by atoms with Crippen molar-refractivity contribution in [3.05, 3.63) is 41.2 Å². The van der Waals surface area contributed by atoms with Gasteiger partial charge in [0.15, 0.2) is 5.69 Å². The summed E-state index contributed by atoms with van der Waals surface area (Å²) in [6.45, 7) is 4.01. The molecular weight excluding hydrogens is 395 g/mol. The minimum atomic E-state index is -4.44. The van der Waals surface area contributed by atoms with Gasteiger partial charge in [0, 0.05) is 19.0 Å². The Morgan fingerprint density at radius 1 is 1.25 bits per heavy atom. The lowest BCUT2D eigenvalue weighted by Crippen LogP contribution is -2.32. The number of rotatable bonds is 8. The number of benzene rings is 1. The van der Waals surface area contributed by atoms with Gasteiger partial charge >= 0.3 is 6.18 Å². The zero-order valence-corrected chi connectivity index (χ0v) is 16.2. The molecule has 28 heavy (non-hydrogen) atoms. The van der Waals surface area contributed by atoms with E-state index in [4.69, 9.17) is 0 Å². The summed E-state index contributed by atoms with van der Waals surface area (Å²) in [6, 6.07) is 4.90. The number of nitrogens with zero attached hydrogens (tertiary/aromatic N) is 3. The molecule has 2 aromatic rings. The second-order valence-electron chi connectivity index (χ2n) is 6.56. The number of aromatic nitrogens is 3. The molecular formula is C18H23ClF3N5O. The van der Waals surface area contributed by atoms with Gasteiger partial charge in [-0.3, -0.25) is 4.79 Å². The molecule has 1 heterocycles. The Kier molecular flexibility index (Phi) is 7.42. The van der Waals surface area contributed by atoms with Gasteiger partial charge in [-0.05, 0) is 44.0 Å². The zero-order chi connectivity index (χ0) is 19.4. The number of hydrogen-bond donors (Lipinski definition) is 2. The molecule has 6 nitrogen and oxygen atoms in total. The van der Waals surface area contributed by atoms with Crippen molar-refractivity contribution >= 4 is 18.3 Å². The molecule has 0 bridgehead atoms. The number of alkyl halides is 3.